The number of nitrogens with one attached hydrogen (secondary N) is 1. The van der Waals surface area contributed by atoms with Gasteiger partial charge in [-0.15, -0.1) is 0 Å². The van der Waals surface area contributed by atoms with Crippen molar-refractivity contribution in [2.24, 2.45) is 11.3 Å². The molecule has 0 aliphatic heterocycles. The molecule has 0 heterocycles. The van der Waals surface area contributed by atoms with Crippen LogP contribution in [0.3, 0.4) is 0 Å². The topological polar surface area (TPSA) is 95.9 Å². The van der Waals surface area contributed by atoms with Gasteiger partial charge in [-0.25, -0.2) is 4.79 Å². The maximum atomic E-state index is 12.0. The second kappa shape index (κ2) is 7.28. The van der Waals surface area contributed by atoms with E-state index in [4.69, 9.17) is 5.11 Å². The Hall–Kier alpha value is -1.79. The molecule has 0 aromatic carbocycles. The summed E-state index contributed by atoms with van der Waals surface area (Å²) in [5.74, 6) is -1.60. The zero-order valence-electron chi connectivity index (χ0n) is 12.8. The molecular formula is C14H24N2O5. The lowest BCUT2D eigenvalue weighted by Gasteiger charge is -2.41. The molecule has 1 atom stereocenters. The highest BCUT2D eigenvalue weighted by Crippen LogP contribution is 2.43. The molecule has 0 bridgehead atoms. The number of carbonyl (C=O) groups is 3. The van der Waals surface area contributed by atoms with Gasteiger partial charge in [0.2, 0.25) is 0 Å². The molecule has 1 saturated carbocycles. The number of rotatable bonds is 7. The van der Waals surface area contributed by atoms with Crippen molar-refractivity contribution in [1.29, 1.82) is 0 Å². The van der Waals surface area contributed by atoms with Crippen LogP contribution in [0.15, 0.2) is 0 Å². The molecule has 1 unspecified atom stereocenters. The summed E-state index contributed by atoms with van der Waals surface area (Å²) in [4.78, 5) is 35.6. The fourth-order valence-corrected chi connectivity index (χ4v) is 2.58. The summed E-state index contributed by atoms with van der Waals surface area (Å²) in [5, 5.41) is 11.7. The van der Waals surface area contributed by atoms with Crippen molar-refractivity contribution in [3.05, 3.63) is 0 Å². The smallest absolute Gasteiger partial charge is 0.317 e. The third kappa shape index (κ3) is 4.91. The van der Waals surface area contributed by atoms with E-state index < -0.39 is 11.9 Å². The number of hydrogen-bond acceptors (Lipinski definition) is 4. The minimum Gasteiger partial charge on any atom is -0.481 e. The molecule has 0 saturated heterocycles. The fourth-order valence-electron chi connectivity index (χ4n) is 2.58. The summed E-state index contributed by atoms with van der Waals surface area (Å²) < 4.78 is 4.61. The third-order valence-corrected chi connectivity index (χ3v) is 4.05. The molecule has 0 aromatic rings. The largest absolute Gasteiger partial charge is 0.481 e. The van der Waals surface area contributed by atoms with Crippen molar-refractivity contribution in [1.82, 2.24) is 10.2 Å². The summed E-state index contributed by atoms with van der Waals surface area (Å²) in [6.45, 7) is 2.30. The standard InChI is InChI=1S/C14H24N2O5/c1-10(12(19)21-3)8-16(2)13(20)15-9-14(5-4-6-14)7-11(17)18/h10H,4-9H2,1-3H3,(H,15,20)(H,17,18). The number of amides is 2. The molecule has 1 aliphatic carbocycles. The minimum atomic E-state index is -0.836. The summed E-state index contributed by atoms with van der Waals surface area (Å²) in [7, 11) is 2.91. The highest BCUT2D eigenvalue weighted by Gasteiger charge is 2.39. The second-order valence-corrected chi connectivity index (χ2v) is 5.89. The number of esters is 1. The molecule has 0 radical (unpaired) electrons. The Labute approximate surface area is 124 Å². The highest BCUT2D eigenvalue weighted by atomic mass is 16.5. The first-order valence-corrected chi connectivity index (χ1v) is 7.08. The Morgan fingerprint density at radius 3 is 2.43 bits per heavy atom. The van der Waals surface area contributed by atoms with Crippen LogP contribution < -0.4 is 5.32 Å². The van der Waals surface area contributed by atoms with Crippen LogP contribution in [-0.2, 0) is 14.3 Å². The molecule has 7 nitrogen and oxygen atoms in total. The zero-order valence-corrected chi connectivity index (χ0v) is 12.8. The SMILES string of the molecule is COC(=O)C(C)CN(C)C(=O)NCC1(CC(=O)O)CCC1. The van der Waals surface area contributed by atoms with Crippen LogP contribution >= 0.6 is 0 Å². The van der Waals surface area contributed by atoms with Crippen LogP contribution in [0.5, 0.6) is 0 Å². The number of ether oxygens (including phenoxy) is 1. The summed E-state index contributed by atoms with van der Waals surface area (Å²) in [6.07, 6.45) is 2.72. The number of urea groups is 1. The van der Waals surface area contributed by atoms with E-state index in [0.29, 0.717) is 6.54 Å². The van der Waals surface area contributed by atoms with E-state index in [1.807, 2.05) is 0 Å². The van der Waals surface area contributed by atoms with Gasteiger partial charge < -0.3 is 20.1 Å². The van der Waals surface area contributed by atoms with E-state index in [1.54, 1.807) is 14.0 Å². The fraction of sp³-hybridized carbons (Fsp3) is 0.786. The molecule has 1 aliphatic rings. The van der Waals surface area contributed by atoms with Crippen LogP contribution in [0, 0.1) is 11.3 Å². The molecule has 120 valence electrons. The van der Waals surface area contributed by atoms with E-state index in [-0.39, 0.29) is 30.4 Å². The molecule has 21 heavy (non-hydrogen) atoms. The van der Waals surface area contributed by atoms with E-state index >= 15 is 0 Å². The Morgan fingerprint density at radius 2 is 2.00 bits per heavy atom. The van der Waals surface area contributed by atoms with Crippen molar-refractivity contribution in [2.75, 3.05) is 27.2 Å². The van der Waals surface area contributed by atoms with E-state index in [9.17, 15) is 14.4 Å². The third-order valence-electron chi connectivity index (χ3n) is 4.05. The maximum Gasteiger partial charge on any atom is 0.317 e. The predicted molar refractivity (Wildman–Crippen MR) is 75.7 cm³/mol. The first-order valence-electron chi connectivity index (χ1n) is 7.08. The van der Waals surface area contributed by atoms with Gasteiger partial charge in [0.15, 0.2) is 0 Å². The van der Waals surface area contributed by atoms with Gasteiger partial charge in [0.25, 0.3) is 0 Å². The Bertz CT molecular complexity index is 406. The lowest BCUT2D eigenvalue weighted by atomic mass is 9.66. The van der Waals surface area contributed by atoms with Gasteiger partial charge in [0.05, 0.1) is 19.4 Å². The number of carboxylic acid groups (broad SMARTS) is 1. The quantitative estimate of drug-likeness (QED) is 0.686. The number of carboxylic acids is 1. The number of nitrogens with zero attached hydrogens (tertiary/aromatic N) is 1. The van der Waals surface area contributed by atoms with Crippen LogP contribution in [0.4, 0.5) is 4.79 Å². The van der Waals surface area contributed by atoms with E-state index in [0.717, 1.165) is 19.3 Å². The van der Waals surface area contributed by atoms with Crippen molar-refractivity contribution in [2.45, 2.75) is 32.6 Å². The Morgan fingerprint density at radius 1 is 1.38 bits per heavy atom. The number of methoxy groups -OCH3 is 1. The van der Waals surface area contributed by atoms with Crippen molar-refractivity contribution in [3.63, 3.8) is 0 Å². The van der Waals surface area contributed by atoms with Crippen LogP contribution in [0.2, 0.25) is 0 Å². The average molecular weight is 300 g/mol. The van der Waals surface area contributed by atoms with Gasteiger partial charge in [-0.3, -0.25) is 9.59 Å². The molecule has 0 aromatic heterocycles. The minimum absolute atomic E-state index is 0.0789. The van der Waals surface area contributed by atoms with Gasteiger partial charge in [-0.1, -0.05) is 13.3 Å². The highest BCUT2D eigenvalue weighted by molar-refractivity contribution is 5.76. The lowest BCUT2D eigenvalue weighted by molar-refractivity contribution is -0.145. The molecule has 7 heteroatoms. The molecule has 0 spiro atoms. The monoisotopic (exact) mass is 300 g/mol. The van der Waals surface area contributed by atoms with Crippen molar-refractivity contribution in [3.8, 4) is 0 Å². The predicted octanol–water partition coefficient (Wildman–Crippen LogP) is 1.08. The van der Waals surface area contributed by atoms with Gasteiger partial charge >= 0.3 is 18.0 Å². The molecule has 2 N–H and O–H groups in total. The van der Waals surface area contributed by atoms with E-state index in [2.05, 4.69) is 10.1 Å². The first kappa shape index (κ1) is 17.3. The van der Waals surface area contributed by atoms with Gasteiger partial charge in [-0.2, -0.15) is 0 Å². The number of hydrogen-bond donors (Lipinski definition) is 2. The van der Waals surface area contributed by atoms with Gasteiger partial charge in [-0.05, 0) is 18.3 Å². The van der Waals surface area contributed by atoms with E-state index in [1.165, 1.54) is 12.0 Å². The molecule has 1 rings (SSSR count). The van der Waals surface area contributed by atoms with Crippen LogP contribution in [0.1, 0.15) is 32.6 Å². The van der Waals surface area contributed by atoms with Crippen molar-refractivity contribution < 1.29 is 24.2 Å². The molecular weight excluding hydrogens is 276 g/mol. The second-order valence-electron chi connectivity index (χ2n) is 5.89. The van der Waals surface area contributed by atoms with Crippen LogP contribution in [-0.4, -0.2) is 55.2 Å². The normalized spacial score (nSPS) is 17.3. The lowest BCUT2D eigenvalue weighted by Crippen LogP contribution is -2.48. The zero-order chi connectivity index (χ0) is 16.0. The summed E-state index contributed by atoms with van der Waals surface area (Å²) in [6, 6.07) is -0.303. The summed E-state index contributed by atoms with van der Waals surface area (Å²) in [5.41, 5.74) is -0.309. The maximum absolute atomic E-state index is 12.0. The van der Waals surface area contributed by atoms with Crippen LogP contribution in [0.25, 0.3) is 0 Å². The number of aliphatic carboxylic acids is 1. The average Bonchev–Trinajstić information content (AvgIpc) is 2.39. The van der Waals surface area contributed by atoms with Gasteiger partial charge in [0.1, 0.15) is 0 Å². The molecule has 2 amide bonds. The summed E-state index contributed by atoms with van der Waals surface area (Å²) >= 11 is 0. The van der Waals surface area contributed by atoms with Gasteiger partial charge in [0, 0.05) is 20.1 Å². The first-order chi connectivity index (χ1) is 9.79. The van der Waals surface area contributed by atoms with Crippen molar-refractivity contribution >= 4 is 18.0 Å². The Kier molecular flexibility index (Phi) is 5.99. The number of carbonyl (C=O) groups excluding carboxylic acids is 2. The molecule has 1 fully saturated rings. The Balaban J connectivity index is 2.42.